The van der Waals surface area contributed by atoms with Gasteiger partial charge in [0.25, 0.3) is 0 Å². The van der Waals surface area contributed by atoms with Crippen LogP contribution in [-0.2, 0) is 5.41 Å². The van der Waals surface area contributed by atoms with Gasteiger partial charge in [-0.1, -0.05) is 38.0 Å². The van der Waals surface area contributed by atoms with Crippen molar-refractivity contribution in [3.8, 4) is 5.75 Å². The van der Waals surface area contributed by atoms with E-state index in [1.165, 1.54) is 6.42 Å². The van der Waals surface area contributed by atoms with E-state index in [-0.39, 0.29) is 5.41 Å². The van der Waals surface area contributed by atoms with Crippen LogP contribution in [0.25, 0.3) is 0 Å². The zero-order chi connectivity index (χ0) is 12.3. The van der Waals surface area contributed by atoms with Crippen molar-refractivity contribution in [2.45, 2.75) is 37.5 Å². The molecule has 1 aliphatic carbocycles. The van der Waals surface area contributed by atoms with Gasteiger partial charge in [0, 0.05) is 0 Å². The lowest BCUT2D eigenvalue weighted by atomic mass is 9.68. The van der Waals surface area contributed by atoms with Crippen LogP contribution in [0, 0.1) is 0 Å². The van der Waals surface area contributed by atoms with Crippen LogP contribution in [0.1, 0.15) is 37.7 Å². The molecule has 1 N–H and O–H groups in total. The van der Waals surface area contributed by atoms with E-state index in [1.54, 1.807) is 7.11 Å². The van der Waals surface area contributed by atoms with Crippen LogP contribution in [0.5, 0.6) is 5.75 Å². The van der Waals surface area contributed by atoms with Gasteiger partial charge in [-0.15, -0.1) is 0 Å². The topological polar surface area (TPSA) is 29.5 Å². The molecule has 1 saturated carbocycles. The molecule has 2 rings (SSSR count). The summed E-state index contributed by atoms with van der Waals surface area (Å²) in [4.78, 5) is 0. The SMILES string of the molecule is C=C(O)C1(c2ccc(OC)cc2)CCCCC1. The van der Waals surface area contributed by atoms with Gasteiger partial charge in [-0.05, 0) is 30.5 Å². The van der Waals surface area contributed by atoms with E-state index in [4.69, 9.17) is 4.74 Å². The minimum Gasteiger partial charge on any atom is -0.512 e. The van der Waals surface area contributed by atoms with Crippen LogP contribution in [-0.4, -0.2) is 12.2 Å². The highest BCUT2D eigenvalue weighted by Gasteiger charge is 2.36. The average Bonchev–Trinajstić information content (AvgIpc) is 2.39. The van der Waals surface area contributed by atoms with Crippen molar-refractivity contribution in [1.82, 2.24) is 0 Å². The van der Waals surface area contributed by atoms with Crippen molar-refractivity contribution in [3.05, 3.63) is 42.2 Å². The third kappa shape index (κ3) is 2.17. The maximum absolute atomic E-state index is 9.98. The Bertz CT molecular complexity index is 386. The molecule has 2 heteroatoms. The second-order valence-corrected chi connectivity index (χ2v) is 4.82. The molecule has 0 amide bonds. The molecule has 1 aromatic carbocycles. The standard InChI is InChI=1S/C15H20O2/c1-12(16)15(10-4-3-5-11-15)13-6-8-14(17-2)9-7-13/h6-9,16H,1,3-5,10-11H2,2H3. The third-order valence-corrected chi connectivity index (χ3v) is 3.90. The molecule has 0 atom stereocenters. The summed E-state index contributed by atoms with van der Waals surface area (Å²) in [5, 5.41) is 9.98. The fourth-order valence-electron chi connectivity index (χ4n) is 2.81. The van der Waals surface area contributed by atoms with Crippen molar-refractivity contribution in [3.63, 3.8) is 0 Å². The van der Waals surface area contributed by atoms with Crippen LogP contribution in [0.15, 0.2) is 36.6 Å². The van der Waals surface area contributed by atoms with E-state index in [1.807, 2.05) is 24.3 Å². The summed E-state index contributed by atoms with van der Waals surface area (Å²) in [5.41, 5.74) is 0.926. The van der Waals surface area contributed by atoms with E-state index in [9.17, 15) is 5.11 Å². The van der Waals surface area contributed by atoms with Gasteiger partial charge in [0.1, 0.15) is 5.75 Å². The number of rotatable bonds is 3. The molecule has 0 saturated heterocycles. The lowest BCUT2D eigenvalue weighted by molar-refractivity contribution is 0.234. The second kappa shape index (κ2) is 4.82. The Balaban J connectivity index is 2.34. The number of hydrogen-bond donors (Lipinski definition) is 1. The van der Waals surface area contributed by atoms with Gasteiger partial charge in [-0.25, -0.2) is 0 Å². The Morgan fingerprint density at radius 3 is 2.24 bits per heavy atom. The van der Waals surface area contributed by atoms with E-state index < -0.39 is 0 Å². The zero-order valence-corrected chi connectivity index (χ0v) is 10.4. The molecule has 92 valence electrons. The molecule has 1 fully saturated rings. The predicted molar refractivity (Wildman–Crippen MR) is 69.5 cm³/mol. The molecule has 0 spiro atoms. The monoisotopic (exact) mass is 232 g/mol. The van der Waals surface area contributed by atoms with Crippen LogP contribution < -0.4 is 4.74 Å². The maximum atomic E-state index is 9.98. The van der Waals surface area contributed by atoms with Crippen molar-refractivity contribution < 1.29 is 9.84 Å². The van der Waals surface area contributed by atoms with Gasteiger partial charge < -0.3 is 9.84 Å². The summed E-state index contributed by atoms with van der Waals surface area (Å²) in [7, 11) is 1.66. The third-order valence-electron chi connectivity index (χ3n) is 3.90. The van der Waals surface area contributed by atoms with Crippen molar-refractivity contribution >= 4 is 0 Å². The molecule has 0 bridgehead atoms. The molecule has 0 radical (unpaired) electrons. The summed E-state index contributed by atoms with van der Waals surface area (Å²) in [5.74, 6) is 1.16. The quantitative estimate of drug-likeness (QED) is 0.799. The number of benzene rings is 1. The predicted octanol–water partition coefficient (Wildman–Crippen LogP) is 3.97. The first kappa shape index (κ1) is 12.0. The molecular formula is C15H20O2. The van der Waals surface area contributed by atoms with Crippen LogP contribution >= 0.6 is 0 Å². The number of ether oxygens (including phenoxy) is 1. The maximum Gasteiger partial charge on any atom is 0.118 e. The Labute approximate surface area is 103 Å². The molecule has 2 nitrogen and oxygen atoms in total. The van der Waals surface area contributed by atoms with Gasteiger partial charge in [-0.3, -0.25) is 0 Å². The van der Waals surface area contributed by atoms with Crippen LogP contribution in [0.4, 0.5) is 0 Å². The van der Waals surface area contributed by atoms with Crippen molar-refractivity contribution in [2.24, 2.45) is 0 Å². The van der Waals surface area contributed by atoms with Gasteiger partial charge >= 0.3 is 0 Å². The van der Waals surface area contributed by atoms with Crippen molar-refractivity contribution in [1.29, 1.82) is 0 Å². The van der Waals surface area contributed by atoms with Crippen LogP contribution in [0.3, 0.4) is 0 Å². The second-order valence-electron chi connectivity index (χ2n) is 4.82. The van der Waals surface area contributed by atoms with E-state index in [2.05, 4.69) is 6.58 Å². The van der Waals surface area contributed by atoms with E-state index >= 15 is 0 Å². The molecule has 0 aliphatic heterocycles. The summed E-state index contributed by atoms with van der Waals surface area (Å²) < 4.78 is 5.16. The molecule has 0 heterocycles. The van der Waals surface area contributed by atoms with Crippen LogP contribution in [0.2, 0.25) is 0 Å². The number of aliphatic hydroxyl groups is 1. The first-order chi connectivity index (χ1) is 8.19. The molecular weight excluding hydrogens is 212 g/mol. The minimum absolute atomic E-state index is 0.232. The highest BCUT2D eigenvalue weighted by atomic mass is 16.5. The largest absolute Gasteiger partial charge is 0.512 e. The average molecular weight is 232 g/mol. The summed E-state index contributed by atoms with van der Waals surface area (Å²) in [6, 6.07) is 8.00. The summed E-state index contributed by atoms with van der Waals surface area (Å²) in [6.07, 6.45) is 5.56. The first-order valence-corrected chi connectivity index (χ1v) is 6.22. The number of methoxy groups -OCH3 is 1. The highest BCUT2D eigenvalue weighted by molar-refractivity contribution is 5.37. The zero-order valence-electron chi connectivity index (χ0n) is 10.4. The molecule has 0 unspecified atom stereocenters. The highest BCUT2D eigenvalue weighted by Crippen LogP contribution is 2.43. The number of allylic oxidation sites excluding steroid dienone is 1. The summed E-state index contributed by atoms with van der Waals surface area (Å²) >= 11 is 0. The fraction of sp³-hybridized carbons (Fsp3) is 0.467. The fourth-order valence-corrected chi connectivity index (χ4v) is 2.81. The minimum atomic E-state index is -0.232. The first-order valence-electron chi connectivity index (χ1n) is 6.22. The van der Waals surface area contributed by atoms with E-state index in [0.29, 0.717) is 5.76 Å². The Hall–Kier alpha value is -1.44. The van der Waals surface area contributed by atoms with Gasteiger partial charge in [0.05, 0.1) is 18.3 Å². The molecule has 0 aromatic heterocycles. The number of hydrogen-bond acceptors (Lipinski definition) is 2. The Morgan fingerprint density at radius 2 is 1.76 bits per heavy atom. The Morgan fingerprint density at radius 1 is 1.18 bits per heavy atom. The smallest absolute Gasteiger partial charge is 0.118 e. The molecule has 17 heavy (non-hydrogen) atoms. The molecule has 1 aromatic rings. The van der Waals surface area contributed by atoms with Crippen molar-refractivity contribution in [2.75, 3.05) is 7.11 Å². The van der Waals surface area contributed by atoms with Gasteiger partial charge in [0.15, 0.2) is 0 Å². The lowest BCUT2D eigenvalue weighted by Gasteiger charge is -2.37. The number of aliphatic hydroxyl groups excluding tert-OH is 1. The van der Waals surface area contributed by atoms with Gasteiger partial charge in [-0.2, -0.15) is 0 Å². The van der Waals surface area contributed by atoms with Gasteiger partial charge in [0.2, 0.25) is 0 Å². The normalized spacial score (nSPS) is 18.6. The molecule has 1 aliphatic rings. The Kier molecular flexibility index (Phi) is 3.41. The van der Waals surface area contributed by atoms with E-state index in [0.717, 1.165) is 37.0 Å². The lowest BCUT2D eigenvalue weighted by Crippen LogP contribution is -2.30. The summed E-state index contributed by atoms with van der Waals surface area (Å²) in [6.45, 7) is 3.79.